The van der Waals surface area contributed by atoms with E-state index in [4.69, 9.17) is 17.2 Å². The number of amides is 3. The van der Waals surface area contributed by atoms with Crippen LogP contribution in [0.4, 0.5) is 5.69 Å². The summed E-state index contributed by atoms with van der Waals surface area (Å²) in [7, 11) is 0. The van der Waals surface area contributed by atoms with Crippen LogP contribution in [0, 0.1) is 0 Å². The van der Waals surface area contributed by atoms with Crippen molar-refractivity contribution in [3.8, 4) is 0 Å². The quantitative estimate of drug-likeness (QED) is 0.552. The summed E-state index contributed by atoms with van der Waals surface area (Å²) in [5.74, 6) is -1.74. The van der Waals surface area contributed by atoms with E-state index in [1.807, 2.05) is 6.07 Å². The lowest BCUT2D eigenvalue weighted by molar-refractivity contribution is -0.138. The van der Waals surface area contributed by atoms with Gasteiger partial charge in [0.2, 0.25) is 17.7 Å². The highest BCUT2D eigenvalue weighted by Gasteiger charge is 2.17. The van der Waals surface area contributed by atoms with Gasteiger partial charge >= 0.3 is 0 Å². The third-order valence-corrected chi connectivity index (χ3v) is 2.62. The minimum atomic E-state index is -0.691. The molecule has 6 N–H and O–H groups in total. The fourth-order valence-corrected chi connectivity index (χ4v) is 1.77. The summed E-state index contributed by atoms with van der Waals surface area (Å²) >= 11 is 0. The zero-order chi connectivity index (χ0) is 15.1. The molecule has 0 bridgehead atoms. The van der Waals surface area contributed by atoms with Gasteiger partial charge in [0, 0.05) is 12.1 Å². The number of nitrogen functional groups attached to an aromatic ring is 1. The standard InChI is InChI=1S/C13H18N4O3/c14-10-3-1-2-9(6-10)4-5-13(20)17(7-11(15)18)8-12(16)19/h1-3,6H,4-5,7-8,14H2,(H2,15,18)(H2,16,19). The lowest BCUT2D eigenvalue weighted by Gasteiger charge is -2.19. The molecule has 1 aromatic rings. The second-order valence-corrected chi connectivity index (χ2v) is 4.43. The number of benzene rings is 1. The smallest absolute Gasteiger partial charge is 0.237 e. The molecule has 0 fully saturated rings. The zero-order valence-electron chi connectivity index (χ0n) is 11.0. The molecular formula is C13H18N4O3. The number of hydrogen-bond acceptors (Lipinski definition) is 4. The minimum absolute atomic E-state index is 0.143. The molecule has 1 rings (SSSR count). The van der Waals surface area contributed by atoms with Gasteiger partial charge in [-0.05, 0) is 24.1 Å². The van der Waals surface area contributed by atoms with Gasteiger partial charge < -0.3 is 22.1 Å². The highest BCUT2D eigenvalue weighted by molar-refractivity contribution is 5.88. The van der Waals surface area contributed by atoms with Crippen molar-refractivity contribution in [2.24, 2.45) is 11.5 Å². The first-order chi connectivity index (χ1) is 9.38. The maximum absolute atomic E-state index is 12.0. The Morgan fingerprint density at radius 3 is 2.15 bits per heavy atom. The van der Waals surface area contributed by atoms with Crippen LogP contribution in [0.2, 0.25) is 0 Å². The number of rotatable bonds is 7. The Hall–Kier alpha value is -2.57. The third kappa shape index (κ3) is 5.38. The molecule has 108 valence electrons. The summed E-state index contributed by atoms with van der Waals surface area (Å²) in [4.78, 5) is 34.8. The number of carbonyl (C=O) groups excluding carboxylic acids is 3. The third-order valence-electron chi connectivity index (χ3n) is 2.62. The second kappa shape index (κ2) is 7.13. The predicted octanol–water partition coefficient (Wildman–Crippen LogP) is -0.999. The van der Waals surface area contributed by atoms with E-state index in [0.717, 1.165) is 10.5 Å². The van der Waals surface area contributed by atoms with E-state index in [2.05, 4.69) is 0 Å². The van der Waals surface area contributed by atoms with E-state index in [0.29, 0.717) is 12.1 Å². The predicted molar refractivity (Wildman–Crippen MR) is 74.1 cm³/mol. The number of hydrogen-bond donors (Lipinski definition) is 3. The Balaban J connectivity index is 2.61. The van der Waals surface area contributed by atoms with Gasteiger partial charge in [-0.1, -0.05) is 12.1 Å². The number of aryl methyl sites for hydroxylation is 1. The molecule has 0 unspecified atom stereocenters. The van der Waals surface area contributed by atoms with Crippen LogP contribution < -0.4 is 17.2 Å². The van der Waals surface area contributed by atoms with Crippen LogP contribution in [0.15, 0.2) is 24.3 Å². The maximum Gasteiger partial charge on any atom is 0.237 e. The average Bonchev–Trinajstić information content (AvgIpc) is 2.34. The van der Waals surface area contributed by atoms with Crippen LogP contribution >= 0.6 is 0 Å². The SMILES string of the molecule is NC(=O)CN(CC(N)=O)C(=O)CCc1cccc(N)c1. The molecule has 0 saturated carbocycles. The van der Waals surface area contributed by atoms with Crippen LogP contribution in [0.5, 0.6) is 0 Å². The Kier molecular flexibility index (Phi) is 5.52. The molecule has 0 aromatic heterocycles. The molecule has 0 aliphatic carbocycles. The van der Waals surface area contributed by atoms with E-state index in [1.54, 1.807) is 18.2 Å². The molecule has 20 heavy (non-hydrogen) atoms. The molecule has 7 nitrogen and oxygen atoms in total. The highest BCUT2D eigenvalue weighted by atomic mass is 16.2. The van der Waals surface area contributed by atoms with Crippen LogP contribution in [0.25, 0.3) is 0 Å². The van der Waals surface area contributed by atoms with Gasteiger partial charge in [0.05, 0.1) is 13.1 Å². The van der Waals surface area contributed by atoms with Gasteiger partial charge in [0.25, 0.3) is 0 Å². The fraction of sp³-hybridized carbons (Fsp3) is 0.308. The van der Waals surface area contributed by atoms with Crippen LogP contribution in [-0.4, -0.2) is 35.7 Å². The summed E-state index contributed by atoms with van der Waals surface area (Å²) in [6.07, 6.45) is 0.599. The fourth-order valence-electron chi connectivity index (χ4n) is 1.77. The first-order valence-corrected chi connectivity index (χ1v) is 6.07. The molecule has 0 heterocycles. The monoisotopic (exact) mass is 278 g/mol. The molecule has 7 heteroatoms. The highest BCUT2D eigenvalue weighted by Crippen LogP contribution is 2.09. The summed E-state index contributed by atoms with van der Waals surface area (Å²) < 4.78 is 0. The van der Waals surface area contributed by atoms with Crippen molar-refractivity contribution >= 4 is 23.4 Å². The largest absolute Gasteiger partial charge is 0.399 e. The summed E-state index contributed by atoms with van der Waals surface area (Å²) in [6, 6.07) is 7.15. The van der Waals surface area contributed by atoms with Crippen molar-refractivity contribution in [3.05, 3.63) is 29.8 Å². The molecule has 0 radical (unpaired) electrons. The zero-order valence-corrected chi connectivity index (χ0v) is 11.0. The van der Waals surface area contributed by atoms with E-state index in [-0.39, 0.29) is 25.4 Å². The van der Waals surface area contributed by atoms with Crippen molar-refractivity contribution in [1.29, 1.82) is 0 Å². The Morgan fingerprint density at radius 1 is 1.05 bits per heavy atom. The first-order valence-electron chi connectivity index (χ1n) is 6.07. The maximum atomic E-state index is 12.0. The summed E-state index contributed by atoms with van der Waals surface area (Å²) in [5, 5.41) is 0. The van der Waals surface area contributed by atoms with Gasteiger partial charge in [-0.25, -0.2) is 0 Å². The molecule has 1 aromatic carbocycles. The molecule has 0 atom stereocenters. The van der Waals surface area contributed by atoms with Crippen LogP contribution in [-0.2, 0) is 20.8 Å². The molecule has 3 amide bonds. The lowest BCUT2D eigenvalue weighted by Crippen LogP contribution is -2.43. The van der Waals surface area contributed by atoms with Crippen molar-refractivity contribution in [1.82, 2.24) is 4.90 Å². The lowest BCUT2D eigenvalue weighted by atomic mass is 10.1. The number of nitrogens with zero attached hydrogens (tertiary/aromatic N) is 1. The molecule has 0 saturated heterocycles. The van der Waals surface area contributed by atoms with Gasteiger partial charge in [-0.15, -0.1) is 0 Å². The van der Waals surface area contributed by atoms with E-state index < -0.39 is 11.8 Å². The van der Waals surface area contributed by atoms with Crippen molar-refractivity contribution in [3.63, 3.8) is 0 Å². The average molecular weight is 278 g/mol. The summed E-state index contributed by atoms with van der Waals surface area (Å²) in [5.41, 5.74) is 17.2. The topological polar surface area (TPSA) is 133 Å². The van der Waals surface area contributed by atoms with Crippen LogP contribution in [0.1, 0.15) is 12.0 Å². The van der Waals surface area contributed by atoms with E-state index in [9.17, 15) is 14.4 Å². The van der Waals surface area contributed by atoms with Crippen LogP contribution in [0.3, 0.4) is 0 Å². The number of primary amides is 2. The van der Waals surface area contributed by atoms with Gasteiger partial charge in [-0.2, -0.15) is 0 Å². The number of anilines is 1. The molecule has 0 aliphatic rings. The Bertz CT molecular complexity index is 500. The summed E-state index contributed by atoms with van der Waals surface area (Å²) in [6.45, 7) is -0.641. The van der Waals surface area contributed by atoms with Crippen molar-refractivity contribution < 1.29 is 14.4 Å². The van der Waals surface area contributed by atoms with Gasteiger partial charge in [0.15, 0.2) is 0 Å². The number of carbonyl (C=O) groups is 3. The Labute approximate surface area is 116 Å². The second-order valence-electron chi connectivity index (χ2n) is 4.43. The minimum Gasteiger partial charge on any atom is -0.399 e. The molecule has 0 spiro atoms. The van der Waals surface area contributed by atoms with Gasteiger partial charge in [-0.3, -0.25) is 14.4 Å². The van der Waals surface area contributed by atoms with Crippen molar-refractivity contribution in [2.45, 2.75) is 12.8 Å². The molecular weight excluding hydrogens is 260 g/mol. The van der Waals surface area contributed by atoms with Crippen molar-refractivity contribution in [2.75, 3.05) is 18.8 Å². The van der Waals surface area contributed by atoms with E-state index in [1.165, 1.54) is 0 Å². The van der Waals surface area contributed by atoms with E-state index >= 15 is 0 Å². The number of nitrogens with two attached hydrogens (primary N) is 3. The molecule has 0 aliphatic heterocycles. The Morgan fingerprint density at radius 2 is 1.65 bits per heavy atom. The normalized spacial score (nSPS) is 10.0. The first kappa shape index (κ1) is 15.5. The van der Waals surface area contributed by atoms with Gasteiger partial charge in [0.1, 0.15) is 0 Å².